The number of imide groups is 1. The van der Waals surface area contributed by atoms with Gasteiger partial charge in [0.25, 0.3) is 11.8 Å². The summed E-state index contributed by atoms with van der Waals surface area (Å²) < 4.78 is 20.1. The minimum atomic E-state index is -0.588. The van der Waals surface area contributed by atoms with Crippen LogP contribution in [0, 0.1) is 5.82 Å². The second-order valence-corrected chi connectivity index (χ2v) is 8.37. The Morgan fingerprint density at radius 2 is 1.97 bits per heavy atom. The highest BCUT2D eigenvalue weighted by atomic mass is 35.5. The van der Waals surface area contributed by atoms with Crippen LogP contribution >= 0.6 is 11.6 Å². The number of ether oxygens (including phenoxy) is 1. The van der Waals surface area contributed by atoms with E-state index in [0.717, 1.165) is 36.8 Å². The molecule has 1 saturated carbocycles. The Kier molecular flexibility index (Phi) is 5.09. The van der Waals surface area contributed by atoms with Crippen LogP contribution in [0.25, 0.3) is 0 Å². The minimum Gasteiger partial charge on any atom is -0.438 e. The number of carbonyl (C=O) groups is 2. The van der Waals surface area contributed by atoms with Crippen molar-refractivity contribution >= 4 is 23.4 Å². The highest BCUT2D eigenvalue weighted by Gasteiger charge is 2.35. The molecule has 1 aliphatic carbocycles. The molecule has 0 unspecified atom stereocenters. The van der Waals surface area contributed by atoms with Gasteiger partial charge in [-0.05, 0) is 43.4 Å². The lowest BCUT2D eigenvalue weighted by Crippen LogP contribution is -2.35. The molecule has 7 nitrogen and oxygen atoms in total. The van der Waals surface area contributed by atoms with E-state index in [1.54, 1.807) is 17.0 Å². The third kappa shape index (κ3) is 3.65. The quantitative estimate of drug-likeness (QED) is 0.729. The SMILES string of the molecule is O=C1NC(=O)C(N2CCc3c(ncnc3Oc3ccc(F)cc3C3CCCC3)C2)=C1Cl. The van der Waals surface area contributed by atoms with Crippen LogP contribution in [0.4, 0.5) is 4.39 Å². The van der Waals surface area contributed by atoms with E-state index in [1.807, 2.05) is 0 Å². The molecule has 0 radical (unpaired) electrons. The first-order valence-electron chi connectivity index (χ1n) is 10.3. The number of benzene rings is 1. The summed E-state index contributed by atoms with van der Waals surface area (Å²) in [6, 6.07) is 4.61. The number of hydrogen-bond acceptors (Lipinski definition) is 6. The minimum absolute atomic E-state index is 0.105. The molecule has 160 valence electrons. The van der Waals surface area contributed by atoms with Gasteiger partial charge in [-0.1, -0.05) is 24.4 Å². The number of rotatable bonds is 4. The Hall–Kier alpha value is -3.00. The van der Waals surface area contributed by atoms with Gasteiger partial charge < -0.3 is 9.64 Å². The Labute approximate surface area is 183 Å². The number of fused-ring (bicyclic) bond motifs is 1. The molecule has 5 rings (SSSR count). The predicted molar refractivity (Wildman–Crippen MR) is 110 cm³/mol. The molecule has 2 aromatic rings. The zero-order chi connectivity index (χ0) is 21.5. The molecule has 3 heterocycles. The lowest BCUT2D eigenvalue weighted by molar-refractivity contribution is -0.124. The van der Waals surface area contributed by atoms with E-state index in [2.05, 4.69) is 15.3 Å². The van der Waals surface area contributed by atoms with Crippen molar-refractivity contribution in [2.24, 2.45) is 0 Å². The zero-order valence-corrected chi connectivity index (χ0v) is 17.4. The average molecular weight is 443 g/mol. The summed E-state index contributed by atoms with van der Waals surface area (Å²) in [5.41, 5.74) is 2.58. The first kappa shape index (κ1) is 19.9. The van der Waals surface area contributed by atoms with Crippen molar-refractivity contribution in [3.63, 3.8) is 0 Å². The van der Waals surface area contributed by atoms with E-state index in [4.69, 9.17) is 16.3 Å². The van der Waals surface area contributed by atoms with Gasteiger partial charge >= 0.3 is 0 Å². The van der Waals surface area contributed by atoms with Gasteiger partial charge in [-0.3, -0.25) is 14.9 Å². The maximum Gasteiger partial charge on any atom is 0.276 e. The van der Waals surface area contributed by atoms with Gasteiger partial charge in [0, 0.05) is 17.7 Å². The zero-order valence-electron chi connectivity index (χ0n) is 16.7. The number of carbonyl (C=O) groups excluding carboxylic acids is 2. The molecule has 2 aliphatic heterocycles. The molecule has 0 atom stereocenters. The highest BCUT2D eigenvalue weighted by molar-refractivity contribution is 6.47. The smallest absolute Gasteiger partial charge is 0.276 e. The molecule has 1 aromatic carbocycles. The number of amides is 2. The number of nitrogens with zero attached hydrogens (tertiary/aromatic N) is 3. The summed E-state index contributed by atoms with van der Waals surface area (Å²) in [6.45, 7) is 0.765. The van der Waals surface area contributed by atoms with Crippen LogP contribution in [-0.4, -0.2) is 33.2 Å². The Bertz CT molecular complexity index is 1110. The largest absolute Gasteiger partial charge is 0.438 e. The second-order valence-electron chi connectivity index (χ2n) is 7.99. The third-order valence-corrected chi connectivity index (χ3v) is 6.46. The van der Waals surface area contributed by atoms with Gasteiger partial charge in [0.05, 0.1) is 12.2 Å². The van der Waals surface area contributed by atoms with E-state index in [1.165, 1.54) is 12.4 Å². The first-order valence-corrected chi connectivity index (χ1v) is 10.7. The van der Waals surface area contributed by atoms with Gasteiger partial charge in [-0.25, -0.2) is 14.4 Å². The fourth-order valence-electron chi connectivity index (χ4n) is 4.58. The topological polar surface area (TPSA) is 84.4 Å². The number of aromatic nitrogens is 2. The summed E-state index contributed by atoms with van der Waals surface area (Å²) in [5, 5.41) is 2.10. The molecule has 0 bridgehead atoms. The molecule has 1 N–H and O–H groups in total. The van der Waals surface area contributed by atoms with E-state index in [9.17, 15) is 14.0 Å². The van der Waals surface area contributed by atoms with Crippen LogP contribution < -0.4 is 10.1 Å². The van der Waals surface area contributed by atoms with Crippen molar-refractivity contribution in [1.82, 2.24) is 20.2 Å². The summed E-state index contributed by atoms with van der Waals surface area (Å²) in [7, 11) is 0. The van der Waals surface area contributed by atoms with Crippen molar-refractivity contribution in [3.8, 4) is 11.6 Å². The average Bonchev–Trinajstić information content (AvgIpc) is 3.37. The fraction of sp³-hybridized carbons (Fsp3) is 0.364. The number of halogens is 2. The molecule has 3 aliphatic rings. The van der Waals surface area contributed by atoms with Crippen LogP contribution in [0.2, 0.25) is 0 Å². The first-order chi connectivity index (χ1) is 15.0. The molecule has 1 fully saturated rings. The van der Waals surface area contributed by atoms with Crippen LogP contribution in [0.15, 0.2) is 35.3 Å². The number of hydrogen-bond donors (Lipinski definition) is 1. The summed E-state index contributed by atoms with van der Waals surface area (Å²) in [5.74, 6) is -0.0346. The van der Waals surface area contributed by atoms with E-state index < -0.39 is 11.8 Å². The maximum atomic E-state index is 13.9. The monoisotopic (exact) mass is 442 g/mol. The van der Waals surface area contributed by atoms with E-state index >= 15 is 0 Å². The van der Waals surface area contributed by atoms with Crippen molar-refractivity contribution in [2.45, 2.75) is 44.6 Å². The highest BCUT2D eigenvalue weighted by Crippen LogP contribution is 2.41. The molecular weight excluding hydrogens is 423 g/mol. The lowest BCUT2D eigenvalue weighted by Gasteiger charge is -2.30. The molecular formula is C22H20ClFN4O3. The summed E-state index contributed by atoms with van der Waals surface area (Å²) in [4.78, 5) is 34.2. The van der Waals surface area contributed by atoms with Gasteiger partial charge in [-0.15, -0.1) is 0 Å². The Balaban J connectivity index is 1.43. The fourth-order valence-corrected chi connectivity index (χ4v) is 4.83. The maximum absolute atomic E-state index is 13.9. The molecule has 2 amide bonds. The van der Waals surface area contributed by atoms with Crippen LogP contribution in [0.3, 0.4) is 0 Å². The second kappa shape index (κ2) is 7.92. The molecule has 9 heteroatoms. The Morgan fingerprint density at radius 3 is 2.71 bits per heavy atom. The van der Waals surface area contributed by atoms with Crippen molar-refractivity contribution < 1.29 is 18.7 Å². The normalized spacial score (nSPS) is 19.1. The third-order valence-electron chi connectivity index (χ3n) is 6.11. The number of nitrogens with one attached hydrogen (secondary N) is 1. The van der Waals surface area contributed by atoms with E-state index in [-0.39, 0.29) is 22.5 Å². The lowest BCUT2D eigenvalue weighted by atomic mass is 9.96. The van der Waals surface area contributed by atoms with E-state index in [0.29, 0.717) is 36.8 Å². The van der Waals surface area contributed by atoms with Crippen LogP contribution in [0.1, 0.15) is 48.4 Å². The summed E-state index contributed by atoms with van der Waals surface area (Å²) >= 11 is 6.03. The molecule has 31 heavy (non-hydrogen) atoms. The summed E-state index contributed by atoms with van der Waals surface area (Å²) in [6.07, 6.45) is 6.23. The predicted octanol–water partition coefficient (Wildman–Crippen LogP) is 3.53. The van der Waals surface area contributed by atoms with Gasteiger partial charge in [0.2, 0.25) is 5.88 Å². The van der Waals surface area contributed by atoms with Crippen molar-refractivity contribution in [1.29, 1.82) is 0 Å². The van der Waals surface area contributed by atoms with Crippen molar-refractivity contribution in [3.05, 3.63) is 57.9 Å². The van der Waals surface area contributed by atoms with Crippen molar-refractivity contribution in [2.75, 3.05) is 6.54 Å². The van der Waals surface area contributed by atoms with Gasteiger partial charge in [-0.2, -0.15) is 0 Å². The Morgan fingerprint density at radius 1 is 1.16 bits per heavy atom. The molecule has 0 saturated heterocycles. The van der Waals surface area contributed by atoms with Crippen LogP contribution in [0.5, 0.6) is 11.6 Å². The standard InChI is InChI=1S/C22H20ClFN4O3/c23-18-19(21(30)27-20(18)29)28-8-7-14-16(10-28)25-11-26-22(14)31-17-6-5-13(24)9-15(17)12-3-1-2-4-12/h5-6,9,11-12H,1-4,7-8,10H2,(H,27,29,30). The molecule has 0 spiro atoms. The van der Waals surface area contributed by atoms with Gasteiger partial charge in [0.1, 0.15) is 28.6 Å². The van der Waals surface area contributed by atoms with Crippen LogP contribution in [-0.2, 0) is 22.6 Å². The van der Waals surface area contributed by atoms with Gasteiger partial charge in [0.15, 0.2) is 0 Å². The molecule has 1 aromatic heterocycles.